The standard InChI is InChI=1S/C40H56O2/c1-31(19-13-21-33(3)23-15-25-35(5)27-29-37-39(7,8)41-37)17-11-12-18-32(2)20-14-22-34(4)24-16-26-36(6)28-30-38-40(9,10)42-38/h11-26,37-38H,27-30H2,1-10H3/b12-11+,19-13+,20-14+,23-15+,24-16+,31-17+,32-18+,33-21+,34-22+,35-25+,36-26+/t37-,38-/m1/s1. The van der Waals surface area contributed by atoms with Crippen molar-refractivity contribution in [3.63, 3.8) is 0 Å². The second-order valence-corrected chi connectivity index (χ2v) is 13.0. The van der Waals surface area contributed by atoms with E-state index in [0.717, 1.165) is 25.7 Å². The first-order chi connectivity index (χ1) is 19.8. The lowest BCUT2D eigenvalue weighted by atomic mass is 10.0. The van der Waals surface area contributed by atoms with Crippen LogP contribution in [0.3, 0.4) is 0 Å². The van der Waals surface area contributed by atoms with Crippen LogP contribution in [0.4, 0.5) is 0 Å². The van der Waals surface area contributed by atoms with Gasteiger partial charge in [0, 0.05) is 0 Å². The van der Waals surface area contributed by atoms with Gasteiger partial charge < -0.3 is 9.47 Å². The highest BCUT2D eigenvalue weighted by molar-refractivity contribution is 5.32. The van der Waals surface area contributed by atoms with Gasteiger partial charge in [-0.3, -0.25) is 0 Å². The van der Waals surface area contributed by atoms with Crippen molar-refractivity contribution in [3.05, 3.63) is 131 Å². The second kappa shape index (κ2) is 17.2. The van der Waals surface area contributed by atoms with Crippen molar-refractivity contribution in [2.45, 2.75) is 118 Å². The molecule has 0 aromatic carbocycles. The first kappa shape index (κ1) is 35.3. The molecule has 42 heavy (non-hydrogen) atoms. The summed E-state index contributed by atoms with van der Waals surface area (Å²) in [5.41, 5.74) is 7.84. The summed E-state index contributed by atoms with van der Waals surface area (Å²) in [4.78, 5) is 0. The normalized spacial score (nSPS) is 24.0. The fraction of sp³-hybridized carbons (Fsp3) is 0.450. The quantitative estimate of drug-likeness (QED) is 0.137. The molecule has 2 nitrogen and oxygen atoms in total. The summed E-state index contributed by atoms with van der Waals surface area (Å²) >= 11 is 0. The molecule has 2 aliphatic rings. The van der Waals surface area contributed by atoms with Crippen LogP contribution >= 0.6 is 0 Å². The number of hydrogen-bond acceptors (Lipinski definition) is 2. The van der Waals surface area contributed by atoms with E-state index in [-0.39, 0.29) is 11.2 Å². The van der Waals surface area contributed by atoms with E-state index in [4.69, 9.17) is 9.47 Å². The van der Waals surface area contributed by atoms with Gasteiger partial charge in [0.1, 0.15) is 0 Å². The molecular formula is C40H56O2. The van der Waals surface area contributed by atoms with Crippen LogP contribution in [0.15, 0.2) is 131 Å². The van der Waals surface area contributed by atoms with Crippen LogP contribution in [0, 0.1) is 0 Å². The third-order valence-corrected chi connectivity index (χ3v) is 7.68. The molecule has 2 rings (SSSR count). The average molecular weight is 569 g/mol. The molecule has 0 bridgehead atoms. The molecule has 0 saturated carbocycles. The van der Waals surface area contributed by atoms with Crippen molar-refractivity contribution in [1.29, 1.82) is 0 Å². The molecule has 0 amide bonds. The maximum Gasteiger partial charge on any atom is 0.0892 e. The Bertz CT molecular complexity index is 1130. The monoisotopic (exact) mass is 568 g/mol. The summed E-state index contributed by atoms with van der Waals surface area (Å²) in [5, 5.41) is 0. The van der Waals surface area contributed by atoms with Gasteiger partial charge in [-0.05, 0) is 94.9 Å². The third kappa shape index (κ3) is 15.3. The highest BCUT2D eigenvalue weighted by Gasteiger charge is 2.47. The van der Waals surface area contributed by atoms with Crippen molar-refractivity contribution >= 4 is 0 Å². The molecule has 0 spiro atoms. The Kier molecular flexibility index (Phi) is 14.5. The summed E-state index contributed by atoms with van der Waals surface area (Å²) in [6.07, 6.45) is 39.5. The predicted octanol–water partition coefficient (Wildman–Crippen LogP) is 11.4. The highest BCUT2D eigenvalue weighted by Crippen LogP contribution is 2.39. The second-order valence-electron chi connectivity index (χ2n) is 13.0. The summed E-state index contributed by atoms with van der Waals surface area (Å²) in [7, 11) is 0. The Morgan fingerprint density at radius 1 is 0.452 bits per heavy atom. The van der Waals surface area contributed by atoms with Crippen LogP contribution in [0.5, 0.6) is 0 Å². The van der Waals surface area contributed by atoms with E-state index in [9.17, 15) is 0 Å². The van der Waals surface area contributed by atoms with Crippen LogP contribution in [-0.2, 0) is 9.47 Å². The van der Waals surface area contributed by atoms with Crippen LogP contribution in [0.2, 0.25) is 0 Å². The highest BCUT2D eigenvalue weighted by atomic mass is 16.6. The average Bonchev–Trinajstić information content (AvgIpc) is 3.75. The minimum absolute atomic E-state index is 0.0907. The smallest absolute Gasteiger partial charge is 0.0892 e. The van der Waals surface area contributed by atoms with Gasteiger partial charge in [0.2, 0.25) is 0 Å². The van der Waals surface area contributed by atoms with Crippen LogP contribution < -0.4 is 0 Å². The van der Waals surface area contributed by atoms with Gasteiger partial charge in [-0.1, -0.05) is 131 Å². The van der Waals surface area contributed by atoms with E-state index in [0.29, 0.717) is 12.2 Å². The number of hydrogen-bond donors (Lipinski definition) is 0. The first-order valence-corrected chi connectivity index (χ1v) is 15.5. The molecule has 0 N–H and O–H groups in total. The molecular weight excluding hydrogens is 512 g/mol. The van der Waals surface area contributed by atoms with Crippen molar-refractivity contribution in [1.82, 2.24) is 0 Å². The van der Waals surface area contributed by atoms with Crippen molar-refractivity contribution in [3.8, 4) is 0 Å². The minimum Gasteiger partial charge on any atom is -0.367 e. The van der Waals surface area contributed by atoms with Gasteiger partial charge in [0.15, 0.2) is 0 Å². The van der Waals surface area contributed by atoms with Crippen LogP contribution in [-0.4, -0.2) is 23.4 Å². The SMILES string of the molecule is CC(/C=C/C=C(C)/C=C/C=C(\C)CC[C@H]1OC1(C)C)=C\C=C\C=C(C)\C=C\C=C(C)\C=C\C=C(/C)CC[C@H]1OC1(C)C. The third-order valence-electron chi connectivity index (χ3n) is 7.68. The molecule has 2 saturated heterocycles. The number of epoxide rings is 2. The summed E-state index contributed by atoms with van der Waals surface area (Å²) in [5.74, 6) is 0. The zero-order valence-electron chi connectivity index (χ0n) is 28.0. The van der Waals surface area contributed by atoms with E-state index in [1.807, 2.05) is 0 Å². The molecule has 2 aliphatic heterocycles. The molecule has 2 atom stereocenters. The lowest BCUT2D eigenvalue weighted by Crippen LogP contribution is -2.02. The van der Waals surface area contributed by atoms with E-state index in [1.54, 1.807) is 0 Å². The lowest BCUT2D eigenvalue weighted by molar-refractivity contribution is 0.319. The minimum atomic E-state index is 0.0907. The fourth-order valence-corrected chi connectivity index (χ4v) is 4.43. The van der Waals surface area contributed by atoms with Crippen molar-refractivity contribution < 1.29 is 9.47 Å². The lowest BCUT2D eigenvalue weighted by Gasteiger charge is -1.98. The van der Waals surface area contributed by atoms with Gasteiger partial charge in [-0.25, -0.2) is 0 Å². The molecule has 2 fully saturated rings. The van der Waals surface area contributed by atoms with E-state index >= 15 is 0 Å². The zero-order chi connectivity index (χ0) is 31.2. The number of rotatable bonds is 16. The number of ether oxygens (including phenoxy) is 2. The summed E-state index contributed by atoms with van der Waals surface area (Å²) in [6.45, 7) is 21.5. The maximum absolute atomic E-state index is 5.67. The van der Waals surface area contributed by atoms with E-state index in [1.165, 1.54) is 33.4 Å². The molecule has 0 aromatic heterocycles. The topological polar surface area (TPSA) is 25.1 Å². The zero-order valence-corrected chi connectivity index (χ0v) is 28.0. The fourth-order valence-electron chi connectivity index (χ4n) is 4.43. The van der Waals surface area contributed by atoms with Gasteiger partial charge in [0.25, 0.3) is 0 Å². The Labute approximate surface area is 258 Å². The van der Waals surface area contributed by atoms with Crippen molar-refractivity contribution in [2.75, 3.05) is 0 Å². The van der Waals surface area contributed by atoms with Crippen molar-refractivity contribution in [2.24, 2.45) is 0 Å². The van der Waals surface area contributed by atoms with Gasteiger partial charge in [-0.15, -0.1) is 0 Å². The number of allylic oxidation sites excluding steroid dienone is 22. The first-order valence-electron chi connectivity index (χ1n) is 15.5. The summed E-state index contributed by atoms with van der Waals surface area (Å²) < 4.78 is 11.3. The molecule has 0 aromatic rings. The van der Waals surface area contributed by atoms with Gasteiger partial charge in [-0.2, -0.15) is 0 Å². The van der Waals surface area contributed by atoms with Gasteiger partial charge >= 0.3 is 0 Å². The summed E-state index contributed by atoms with van der Waals surface area (Å²) in [6, 6.07) is 0. The predicted molar refractivity (Wildman–Crippen MR) is 185 cm³/mol. The Morgan fingerprint density at radius 3 is 1.00 bits per heavy atom. The molecule has 228 valence electrons. The Hall–Kier alpha value is -2.94. The van der Waals surface area contributed by atoms with Gasteiger partial charge in [0.05, 0.1) is 23.4 Å². The molecule has 2 heteroatoms. The van der Waals surface area contributed by atoms with E-state index in [2.05, 4.69) is 166 Å². The molecule has 0 unspecified atom stereocenters. The molecule has 0 radical (unpaired) electrons. The molecule has 0 aliphatic carbocycles. The largest absolute Gasteiger partial charge is 0.367 e. The Balaban J connectivity index is 1.70. The van der Waals surface area contributed by atoms with Crippen LogP contribution in [0.25, 0.3) is 0 Å². The van der Waals surface area contributed by atoms with E-state index < -0.39 is 0 Å². The maximum atomic E-state index is 5.67. The Morgan fingerprint density at radius 2 is 0.714 bits per heavy atom. The van der Waals surface area contributed by atoms with Crippen LogP contribution in [0.1, 0.15) is 94.9 Å². The molecule has 2 heterocycles.